The minimum atomic E-state index is -1.08. The van der Waals surface area contributed by atoms with Crippen molar-refractivity contribution in [1.29, 1.82) is 0 Å². The molecule has 0 aliphatic carbocycles. The Morgan fingerprint density at radius 2 is 1.97 bits per heavy atom. The van der Waals surface area contributed by atoms with Gasteiger partial charge in [-0.15, -0.1) is 5.10 Å². The average Bonchev–Trinajstić information content (AvgIpc) is 2.85. The van der Waals surface area contributed by atoms with Crippen LogP contribution < -0.4 is 25.4 Å². The second-order valence-corrected chi connectivity index (χ2v) is 9.03. The highest BCUT2D eigenvalue weighted by atomic mass is 32.2. The van der Waals surface area contributed by atoms with E-state index in [1.807, 2.05) is 31.2 Å². The monoisotopic (exact) mass is 496 g/mol. The number of fused-ring (bicyclic) bond motifs is 2. The first-order valence-corrected chi connectivity index (χ1v) is 12.6. The van der Waals surface area contributed by atoms with Gasteiger partial charge in [0.25, 0.3) is 5.91 Å². The standard InChI is InChI=1S/C25H28N4O5S/c1-3-5-8-13-35-25-27-24(32)22-17-9-6-7-10-18(17)26-23(29(22)28-25)16-11-12-19(34-15-21(30)31)20(14-16)33-4-2/h6-7,9-12,14,23H,3-5,8,13,15H2,1-2H3,(H,30,31)(H,27,28,32). The third kappa shape index (κ3) is 5.59. The number of carbonyl (C=O) groups excluding carboxylic acids is 1. The van der Waals surface area contributed by atoms with Gasteiger partial charge >= 0.3 is 5.97 Å². The second-order valence-electron chi connectivity index (χ2n) is 7.95. The molecule has 0 spiro atoms. The molecule has 2 aliphatic rings. The van der Waals surface area contributed by atoms with Crippen LogP contribution >= 0.6 is 11.8 Å². The zero-order valence-corrected chi connectivity index (χ0v) is 20.5. The fourth-order valence-corrected chi connectivity index (χ4v) is 4.70. The number of nitrogens with zero attached hydrogens (tertiary/aromatic N) is 3. The molecule has 35 heavy (non-hydrogen) atoms. The highest BCUT2D eigenvalue weighted by molar-refractivity contribution is 8.13. The van der Waals surface area contributed by atoms with Crippen LogP contribution in [-0.2, 0) is 9.59 Å². The van der Waals surface area contributed by atoms with Crippen molar-refractivity contribution in [3.63, 3.8) is 0 Å². The van der Waals surface area contributed by atoms with Crippen LogP contribution in [-0.4, -0.2) is 46.1 Å². The van der Waals surface area contributed by atoms with Gasteiger partial charge in [-0.25, -0.2) is 9.80 Å². The predicted molar refractivity (Wildman–Crippen MR) is 134 cm³/mol. The predicted octanol–water partition coefficient (Wildman–Crippen LogP) is 2.62. The van der Waals surface area contributed by atoms with Gasteiger partial charge in [-0.3, -0.25) is 15.1 Å². The Balaban J connectivity index is 1.75. The number of aliphatic carboxylic acids is 1. The molecule has 4 rings (SSSR count). The van der Waals surface area contributed by atoms with Crippen molar-refractivity contribution >= 4 is 34.5 Å². The average molecular weight is 497 g/mol. The fourth-order valence-electron chi connectivity index (χ4n) is 3.84. The number of rotatable bonds is 10. The fraction of sp³-hybridized carbons (Fsp3) is 0.360. The zero-order chi connectivity index (χ0) is 24.8. The number of para-hydroxylation sites is 1. The Hall–Kier alpha value is -3.53. The zero-order valence-electron chi connectivity index (χ0n) is 19.7. The maximum absolute atomic E-state index is 13.2. The lowest BCUT2D eigenvalue weighted by Gasteiger charge is -2.34. The van der Waals surface area contributed by atoms with Crippen molar-refractivity contribution in [2.75, 3.05) is 19.0 Å². The lowest BCUT2D eigenvalue weighted by atomic mass is 10.1. The van der Waals surface area contributed by atoms with E-state index in [4.69, 9.17) is 24.7 Å². The Morgan fingerprint density at radius 3 is 2.74 bits per heavy atom. The molecule has 2 N–H and O–H groups in total. The first-order valence-electron chi connectivity index (χ1n) is 11.6. The summed E-state index contributed by atoms with van der Waals surface area (Å²) in [5, 5.41) is 20.3. The van der Waals surface area contributed by atoms with Crippen LogP contribution in [0.1, 0.15) is 44.8 Å². The van der Waals surface area contributed by atoms with Gasteiger partial charge in [-0.05, 0) is 31.5 Å². The van der Waals surface area contributed by atoms with Gasteiger partial charge in [0.1, 0.15) is 5.70 Å². The number of benzene rings is 2. The number of hydrogen-bond acceptors (Lipinski definition) is 8. The lowest BCUT2D eigenvalue weighted by molar-refractivity contribution is -0.139. The van der Waals surface area contributed by atoms with Crippen molar-refractivity contribution in [3.05, 3.63) is 58.6 Å². The third-order valence-corrected chi connectivity index (χ3v) is 6.37. The first kappa shape index (κ1) is 24.6. The molecule has 0 radical (unpaired) electrons. The molecule has 2 aromatic carbocycles. The largest absolute Gasteiger partial charge is 0.490 e. The summed E-state index contributed by atoms with van der Waals surface area (Å²) >= 11 is 1.52. The molecule has 0 aromatic heterocycles. The number of ether oxygens (including phenoxy) is 2. The van der Waals surface area contributed by atoms with Crippen molar-refractivity contribution in [1.82, 2.24) is 10.3 Å². The third-order valence-electron chi connectivity index (χ3n) is 5.42. The van der Waals surface area contributed by atoms with Crippen molar-refractivity contribution in [2.45, 2.75) is 39.3 Å². The molecule has 0 saturated carbocycles. The lowest BCUT2D eigenvalue weighted by Crippen LogP contribution is -2.50. The minimum Gasteiger partial charge on any atom is -0.490 e. The summed E-state index contributed by atoms with van der Waals surface area (Å²) in [6.45, 7) is 3.88. The molecule has 0 fully saturated rings. The molecule has 2 aromatic rings. The van der Waals surface area contributed by atoms with Gasteiger partial charge in [-0.1, -0.05) is 55.8 Å². The van der Waals surface area contributed by atoms with Gasteiger partial charge in [-0.2, -0.15) is 0 Å². The maximum atomic E-state index is 13.2. The number of nitrogens with one attached hydrogen (secondary N) is 1. The molecule has 9 nitrogen and oxygen atoms in total. The van der Waals surface area contributed by atoms with Crippen LogP contribution in [0.15, 0.2) is 52.6 Å². The Bertz CT molecular complexity index is 1260. The summed E-state index contributed by atoms with van der Waals surface area (Å²) in [5.74, 6) is 0.287. The van der Waals surface area contributed by atoms with Crippen molar-refractivity contribution in [3.8, 4) is 11.5 Å². The molecule has 10 heteroatoms. The molecule has 1 unspecified atom stereocenters. The SMILES string of the molecule is CCCCCSC1=NN2C(=c3ccccc3=NC2c2ccc(OCC(=O)O)c(OCC)c2)C(=O)N1. The maximum Gasteiger partial charge on any atom is 0.341 e. The number of carboxylic acid groups (broad SMARTS) is 1. The van der Waals surface area contributed by atoms with Crippen LogP contribution in [0.2, 0.25) is 0 Å². The summed E-state index contributed by atoms with van der Waals surface area (Å²) in [6.07, 6.45) is 2.68. The number of carboxylic acids is 1. The van der Waals surface area contributed by atoms with Crippen molar-refractivity contribution < 1.29 is 24.2 Å². The molecular formula is C25H28N4O5S. The molecular weight excluding hydrogens is 468 g/mol. The molecule has 0 bridgehead atoms. The van der Waals surface area contributed by atoms with Crippen LogP contribution in [0.25, 0.3) is 5.70 Å². The number of amidine groups is 1. The summed E-state index contributed by atoms with van der Waals surface area (Å²) in [6, 6.07) is 12.7. The van der Waals surface area contributed by atoms with Crippen LogP contribution in [0, 0.1) is 0 Å². The number of unbranched alkanes of at least 4 members (excludes halogenated alkanes) is 2. The molecule has 0 saturated heterocycles. The van der Waals surface area contributed by atoms with Gasteiger partial charge in [0.05, 0.1) is 12.0 Å². The normalized spacial score (nSPS) is 16.5. The smallest absolute Gasteiger partial charge is 0.341 e. The van der Waals surface area contributed by atoms with Crippen LogP contribution in [0.3, 0.4) is 0 Å². The van der Waals surface area contributed by atoms with E-state index in [2.05, 4.69) is 12.2 Å². The van der Waals surface area contributed by atoms with Crippen LogP contribution in [0.5, 0.6) is 11.5 Å². The van der Waals surface area contributed by atoms with Gasteiger partial charge in [0, 0.05) is 16.5 Å². The van der Waals surface area contributed by atoms with E-state index in [0.29, 0.717) is 39.5 Å². The van der Waals surface area contributed by atoms with E-state index in [0.717, 1.165) is 30.6 Å². The molecule has 184 valence electrons. The molecule has 2 aliphatic heterocycles. The summed E-state index contributed by atoms with van der Waals surface area (Å²) < 4.78 is 11.1. The topological polar surface area (TPSA) is 113 Å². The van der Waals surface area contributed by atoms with Gasteiger partial charge < -0.3 is 14.6 Å². The molecule has 2 heterocycles. The molecule has 1 amide bonds. The quantitative estimate of drug-likeness (QED) is 0.486. The van der Waals surface area contributed by atoms with Gasteiger partial charge in [0.15, 0.2) is 29.4 Å². The van der Waals surface area contributed by atoms with E-state index < -0.39 is 18.7 Å². The Kier molecular flexibility index (Phi) is 7.91. The van der Waals surface area contributed by atoms with E-state index in [9.17, 15) is 9.59 Å². The summed E-state index contributed by atoms with van der Waals surface area (Å²) in [4.78, 5) is 29.1. The van der Waals surface area contributed by atoms with Gasteiger partial charge in [0.2, 0.25) is 0 Å². The number of hydrogen-bond donors (Lipinski definition) is 2. The van der Waals surface area contributed by atoms with E-state index >= 15 is 0 Å². The van der Waals surface area contributed by atoms with Crippen molar-refractivity contribution in [2.24, 2.45) is 10.1 Å². The number of carbonyl (C=O) groups is 2. The molecule has 1 atom stereocenters. The number of hydrazone groups is 1. The summed E-state index contributed by atoms with van der Waals surface area (Å²) in [7, 11) is 0. The van der Waals surface area contributed by atoms with E-state index in [1.165, 1.54) is 11.8 Å². The first-order chi connectivity index (χ1) is 17.0. The highest BCUT2D eigenvalue weighted by Gasteiger charge is 2.34. The number of amides is 1. The van der Waals surface area contributed by atoms with E-state index in [1.54, 1.807) is 23.2 Å². The van der Waals surface area contributed by atoms with E-state index in [-0.39, 0.29) is 5.91 Å². The Labute approximate surface area is 207 Å². The number of thioether (sulfide) groups is 1. The highest BCUT2D eigenvalue weighted by Crippen LogP contribution is 2.36. The van der Waals surface area contributed by atoms with Crippen LogP contribution in [0.4, 0.5) is 0 Å². The second kappa shape index (κ2) is 11.3. The summed E-state index contributed by atoms with van der Waals surface area (Å²) in [5.41, 5.74) is 1.17. The minimum absolute atomic E-state index is 0.225. The Morgan fingerprint density at radius 1 is 1.14 bits per heavy atom.